The fourth-order valence-corrected chi connectivity index (χ4v) is 2.60. The molecule has 0 bridgehead atoms. The molecule has 1 aliphatic rings. The highest BCUT2D eigenvalue weighted by molar-refractivity contribution is 8.18. The molecule has 1 fully saturated rings. The Labute approximate surface area is 111 Å². The van der Waals surface area contributed by atoms with Crippen molar-refractivity contribution in [3.8, 4) is 0 Å². The summed E-state index contributed by atoms with van der Waals surface area (Å²) in [6.07, 6.45) is 2.57. The van der Waals surface area contributed by atoms with Gasteiger partial charge in [0.1, 0.15) is 0 Å². The van der Waals surface area contributed by atoms with Gasteiger partial charge in [0.2, 0.25) is 0 Å². The molecule has 94 valence electrons. The lowest BCUT2D eigenvalue weighted by Crippen LogP contribution is -2.28. The van der Waals surface area contributed by atoms with Crippen LogP contribution in [0, 0.1) is 6.92 Å². The molecule has 3 nitrogen and oxygen atoms in total. The monoisotopic (exact) mass is 261 g/mol. The molecule has 0 aromatic heterocycles. The molecule has 0 saturated carbocycles. The molecule has 2 rings (SSSR count). The van der Waals surface area contributed by atoms with Gasteiger partial charge in [-0.05, 0) is 36.7 Å². The molecule has 1 aromatic rings. The largest absolute Gasteiger partial charge is 0.293 e. The normalized spacial score (nSPS) is 17.9. The van der Waals surface area contributed by atoms with E-state index in [2.05, 4.69) is 0 Å². The molecule has 4 heteroatoms. The molecular weight excluding hydrogens is 246 g/mol. The van der Waals surface area contributed by atoms with Crippen LogP contribution in [-0.4, -0.2) is 22.6 Å². The standard InChI is InChI=1S/C14H15NO2S/c1-3-8-15-13(16)12(18-14(15)17)9-11-6-4-10(2)5-7-11/h4-7,9H,3,8H2,1-2H3/b12-9-. The first-order valence-corrected chi connectivity index (χ1v) is 6.75. The Kier molecular flexibility index (Phi) is 3.87. The van der Waals surface area contributed by atoms with E-state index < -0.39 is 0 Å². The summed E-state index contributed by atoms with van der Waals surface area (Å²) < 4.78 is 0. The molecule has 1 aliphatic heterocycles. The van der Waals surface area contributed by atoms with E-state index in [1.807, 2.05) is 38.1 Å². The summed E-state index contributed by atoms with van der Waals surface area (Å²) >= 11 is 1.02. The molecule has 0 aliphatic carbocycles. The van der Waals surface area contributed by atoms with Gasteiger partial charge >= 0.3 is 0 Å². The highest BCUT2D eigenvalue weighted by Gasteiger charge is 2.34. The summed E-state index contributed by atoms with van der Waals surface area (Å²) in [6.45, 7) is 4.46. The van der Waals surface area contributed by atoms with Crippen LogP contribution in [0.3, 0.4) is 0 Å². The molecule has 0 unspecified atom stereocenters. The molecule has 2 amide bonds. The van der Waals surface area contributed by atoms with Crippen LogP contribution in [0.2, 0.25) is 0 Å². The number of nitrogens with zero attached hydrogens (tertiary/aromatic N) is 1. The first-order valence-electron chi connectivity index (χ1n) is 5.94. The minimum absolute atomic E-state index is 0.166. The van der Waals surface area contributed by atoms with Crippen LogP contribution in [0.5, 0.6) is 0 Å². The summed E-state index contributed by atoms with van der Waals surface area (Å²) in [6, 6.07) is 7.87. The average Bonchev–Trinajstić information content (AvgIpc) is 2.60. The first kappa shape index (κ1) is 12.9. The highest BCUT2D eigenvalue weighted by atomic mass is 32.2. The lowest BCUT2D eigenvalue weighted by Gasteiger charge is -2.09. The number of carbonyl (C=O) groups is 2. The predicted molar refractivity (Wildman–Crippen MR) is 74.1 cm³/mol. The van der Waals surface area contributed by atoms with E-state index in [1.54, 1.807) is 6.08 Å². The SMILES string of the molecule is CCCN1C(=O)S/C(=C\c2ccc(C)cc2)C1=O. The molecule has 1 aromatic carbocycles. The zero-order valence-electron chi connectivity index (χ0n) is 10.5. The van der Waals surface area contributed by atoms with Crippen LogP contribution >= 0.6 is 11.8 Å². The van der Waals surface area contributed by atoms with E-state index in [1.165, 1.54) is 10.5 Å². The molecule has 18 heavy (non-hydrogen) atoms. The number of benzene rings is 1. The second-order valence-corrected chi connectivity index (χ2v) is 5.24. The van der Waals surface area contributed by atoms with E-state index in [4.69, 9.17) is 0 Å². The van der Waals surface area contributed by atoms with Gasteiger partial charge in [0.05, 0.1) is 4.91 Å². The van der Waals surface area contributed by atoms with Gasteiger partial charge in [0.15, 0.2) is 0 Å². The van der Waals surface area contributed by atoms with Gasteiger partial charge in [-0.2, -0.15) is 0 Å². The van der Waals surface area contributed by atoms with E-state index in [0.717, 1.165) is 23.7 Å². The molecule has 0 N–H and O–H groups in total. The Bertz CT molecular complexity index is 505. The quantitative estimate of drug-likeness (QED) is 0.782. The van der Waals surface area contributed by atoms with Gasteiger partial charge < -0.3 is 0 Å². The van der Waals surface area contributed by atoms with Crippen molar-refractivity contribution in [2.24, 2.45) is 0 Å². The maximum atomic E-state index is 12.0. The van der Waals surface area contributed by atoms with Crippen molar-refractivity contribution in [1.29, 1.82) is 0 Å². The van der Waals surface area contributed by atoms with Gasteiger partial charge in [-0.3, -0.25) is 14.5 Å². The predicted octanol–water partition coefficient (Wildman–Crippen LogP) is 3.44. The van der Waals surface area contributed by atoms with E-state index in [0.29, 0.717) is 11.4 Å². The van der Waals surface area contributed by atoms with Crippen LogP contribution in [-0.2, 0) is 4.79 Å². The lowest BCUT2D eigenvalue weighted by atomic mass is 10.1. The van der Waals surface area contributed by atoms with Crippen molar-refractivity contribution in [2.45, 2.75) is 20.3 Å². The maximum absolute atomic E-state index is 12.0. The van der Waals surface area contributed by atoms with Crippen LogP contribution in [0.25, 0.3) is 6.08 Å². The number of carbonyl (C=O) groups excluding carboxylic acids is 2. The maximum Gasteiger partial charge on any atom is 0.293 e. The molecular formula is C14H15NO2S. The van der Waals surface area contributed by atoms with Crippen molar-refractivity contribution < 1.29 is 9.59 Å². The van der Waals surface area contributed by atoms with Crippen molar-refractivity contribution in [3.05, 3.63) is 40.3 Å². The summed E-state index contributed by atoms with van der Waals surface area (Å²) in [4.78, 5) is 25.5. The number of hydrogen-bond donors (Lipinski definition) is 0. The third kappa shape index (κ3) is 2.64. The van der Waals surface area contributed by atoms with Crippen molar-refractivity contribution in [2.75, 3.05) is 6.54 Å². The van der Waals surface area contributed by atoms with Gasteiger partial charge in [0.25, 0.3) is 11.1 Å². The number of hydrogen-bond acceptors (Lipinski definition) is 3. The van der Waals surface area contributed by atoms with Gasteiger partial charge in [-0.1, -0.05) is 36.8 Å². The smallest absolute Gasteiger partial charge is 0.268 e. The fourth-order valence-electron chi connectivity index (χ4n) is 1.73. The van der Waals surface area contributed by atoms with Crippen molar-refractivity contribution in [3.63, 3.8) is 0 Å². The summed E-state index contributed by atoms with van der Waals surface area (Å²) in [5, 5.41) is -0.166. The minimum Gasteiger partial charge on any atom is -0.268 e. The number of aryl methyl sites for hydroxylation is 1. The molecule has 0 radical (unpaired) electrons. The Hall–Kier alpha value is -1.55. The second kappa shape index (κ2) is 5.40. The molecule has 1 saturated heterocycles. The molecule has 0 spiro atoms. The highest BCUT2D eigenvalue weighted by Crippen LogP contribution is 2.32. The third-order valence-electron chi connectivity index (χ3n) is 2.70. The van der Waals surface area contributed by atoms with Crippen molar-refractivity contribution >= 4 is 29.0 Å². The fraction of sp³-hybridized carbons (Fsp3) is 0.286. The first-order chi connectivity index (χ1) is 8.61. The van der Waals surface area contributed by atoms with Crippen LogP contribution in [0.15, 0.2) is 29.2 Å². The Morgan fingerprint density at radius 1 is 1.22 bits per heavy atom. The third-order valence-corrected chi connectivity index (χ3v) is 3.60. The Morgan fingerprint density at radius 3 is 2.50 bits per heavy atom. The van der Waals surface area contributed by atoms with Gasteiger partial charge in [-0.15, -0.1) is 0 Å². The second-order valence-electron chi connectivity index (χ2n) is 4.24. The number of rotatable bonds is 3. The zero-order valence-corrected chi connectivity index (χ0v) is 11.3. The van der Waals surface area contributed by atoms with Crippen LogP contribution in [0.4, 0.5) is 4.79 Å². The summed E-state index contributed by atoms with van der Waals surface area (Å²) in [7, 11) is 0. The van der Waals surface area contributed by atoms with E-state index >= 15 is 0 Å². The topological polar surface area (TPSA) is 37.4 Å². The van der Waals surface area contributed by atoms with Crippen LogP contribution < -0.4 is 0 Å². The zero-order chi connectivity index (χ0) is 13.1. The van der Waals surface area contributed by atoms with Gasteiger partial charge in [-0.25, -0.2) is 0 Å². The summed E-state index contributed by atoms with van der Waals surface area (Å²) in [5.74, 6) is -0.174. The van der Waals surface area contributed by atoms with E-state index in [9.17, 15) is 9.59 Å². The molecule has 0 atom stereocenters. The lowest BCUT2D eigenvalue weighted by molar-refractivity contribution is -0.122. The Morgan fingerprint density at radius 2 is 1.89 bits per heavy atom. The average molecular weight is 261 g/mol. The number of amides is 2. The molecule has 1 heterocycles. The van der Waals surface area contributed by atoms with Gasteiger partial charge in [0, 0.05) is 6.54 Å². The Balaban J connectivity index is 2.22. The number of thioether (sulfide) groups is 1. The van der Waals surface area contributed by atoms with Crippen molar-refractivity contribution in [1.82, 2.24) is 4.90 Å². The number of imide groups is 1. The van der Waals surface area contributed by atoms with E-state index in [-0.39, 0.29) is 11.1 Å². The summed E-state index contributed by atoms with van der Waals surface area (Å²) in [5.41, 5.74) is 2.12. The van der Waals surface area contributed by atoms with Crippen LogP contribution in [0.1, 0.15) is 24.5 Å². The minimum atomic E-state index is -0.174.